The number of ketones is 1. The van der Waals surface area contributed by atoms with Crippen molar-refractivity contribution in [1.82, 2.24) is 14.7 Å². The highest BCUT2D eigenvalue weighted by Gasteiger charge is 2.27. The summed E-state index contributed by atoms with van der Waals surface area (Å²) in [6, 6.07) is 13.6. The van der Waals surface area contributed by atoms with E-state index in [1.54, 1.807) is 53.4 Å². The molecule has 0 atom stereocenters. The number of rotatable bonds is 7. The minimum Gasteiger partial charge on any atom is -0.342 e. The zero-order valence-electron chi connectivity index (χ0n) is 18.0. The SMILES string of the molecule is CCN(CC)C(=O)CN1CCN(C(=O)c2ccccc2C(=O)c2ccc(Cl)cc2)CC1. The molecule has 31 heavy (non-hydrogen) atoms. The van der Waals surface area contributed by atoms with E-state index in [2.05, 4.69) is 4.90 Å². The molecular weight excluding hydrogens is 414 g/mol. The average molecular weight is 442 g/mol. The van der Waals surface area contributed by atoms with Crippen LogP contribution in [0.15, 0.2) is 48.5 Å². The minimum atomic E-state index is -0.205. The summed E-state index contributed by atoms with van der Waals surface area (Å²) < 4.78 is 0. The molecule has 2 aromatic rings. The lowest BCUT2D eigenvalue weighted by atomic mass is 9.97. The monoisotopic (exact) mass is 441 g/mol. The summed E-state index contributed by atoms with van der Waals surface area (Å²) >= 11 is 5.92. The quantitative estimate of drug-likeness (QED) is 0.619. The van der Waals surface area contributed by atoms with Gasteiger partial charge in [-0.05, 0) is 44.2 Å². The normalized spacial score (nSPS) is 14.4. The van der Waals surface area contributed by atoms with Gasteiger partial charge < -0.3 is 9.80 Å². The summed E-state index contributed by atoms with van der Waals surface area (Å²) in [7, 11) is 0. The van der Waals surface area contributed by atoms with Gasteiger partial charge in [0.25, 0.3) is 5.91 Å². The van der Waals surface area contributed by atoms with E-state index in [0.29, 0.717) is 67.5 Å². The van der Waals surface area contributed by atoms with E-state index in [1.165, 1.54) is 0 Å². The molecule has 2 aromatic carbocycles. The van der Waals surface area contributed by atoms with Gasteiger partial charge in [0.1, 0.15) is 0 Å². The van der Waals surface area contributed by atoms with E-state index in [9.17, 15) is 14.4 Å². The largest absolute Gasteiger partial charge is 0.342 e. The molecule has 1 aliphatic heterocycles. The lowest BCUT2D eigenvalue weighted by molar-refractivity contribution is -0.132. The third-order valence-corrected chi connectivity index (χ3v) is 5.90. The van der Waals surface area contributed by atoms with Crippen molar-refractivity contribution in [3.63, 3.8) is 0 Å². The Kier molecular flexibility index (Phi) is 7.82. The van der Waals surface area contributed by atoms with Crippen LogP contribution in [0.3, 0.4) is 0 Å². The predicted octanol–water partition coefficient (Wildman–Crippen LogP) is 3.20. The first-order valence-corrected chi connectivity index (χ1v) is 11.0. The highest BCUT2D eigenvalue weighted by atomic mass is 35.5. The molecule has 1 heterocycles. The maximum atomic E-state index is 13.2. The molecule has 164 valence electrons. The number of piperazine rings is 1. The lowest BCUT2D eigenvalue weighted by Gasteiger charge is -2.35. The molecule has 6 nitrogen and oxygen atoms in total. The third kappa shape index (κ3) is 5.51. The maximum absolute atomic E-state index is 13.2. The number of nitrogens with zero attached hydrogens (tertiary/aromatic N) is 3. The molecule has 3 rings (SSSR count). The second-order valence-electron chi connectivity index (χ2n) is 7.52. The van der Waals surface area contributed by atoms with Crippen molar-refractivity contribution in [2.45, 2.75) is 13.8 Å². The van der Waals surface area contributed by atoms with E-state index in [-0.39, 0.29) is 17.6 Å². The molecule has 1 fully saturated rings. The second kappa shape index (κ2) is 10.6. The summed E-state index contributed by atoms with van der Waals surface area (Å²) in [5, 5.41) is 0.554. The standard InChI is InChI=1S/C24H28ClN3O3/c1-3-27(4-2)22(29)17-26-13-15-28(16-14-26)24(31)21-8-6-5-7-20(21)23(30)18-9-11-19(25)12-10-18/h5-12H,3-4,13-17H2,1-2H3. The van der Waals surface area contributed by atoms with Crippen LogP contribution in [0.4, 0.5) is 0 Å². The summed E-state index contributed by atoms with van der Waals surface area (Å²) in [6.07, 6.45) is 0. The van der Waals surface area contributed by atoms with Gasteiger partial charge in [-0.25, -0.2) is 0 Å². The Morgan fingerprint density at radius 3 is 2.03 bits per heavy atom. The van der Waals surface area contributed by atoms with Crippen molar-refractivity contribution in [3.05, 3.63) is 70.2 Å². The van der Waals surface area contributed by atoms with E-state index < -0.39 is 0 Å². The molecule has 0 aromatic heterocycles. The van der Waals surface area contributed by atoms with Crippen molar-refractivity contribution in [1.29, 1.82) is 0 Å². The van der Waals surface area contributed by atoms with Crippen molar-refractivity contribution in [3.8, 4) is 0 Å². The Bertz CT molecular complexity index is 933. The molecule has 1 saturated heterocycles. The smallest absolute Gasteiger partial charge is 0.254 e. The molecule has 0 radical (unpaired) electrons. The van der Waals surface area contributed by atoms with Crippen LogP contribution in [0.25, 0.3) is 0 Å². The van der Waals surface area contributed by atoms with Crippen LogP contribution in [0.2, 0.25) is 5.02 Å². The number of carbonyl (C=O) groups excluding carboxylic acids is 3. The third-order valence-electron chi connectivity index (χ3n) is 5.64. The summed E-state index contributed by atoms with van der Waals surface area (Å²) in [5.41, 5.74) is 1.27. The molecule has 0 saturated carbocycles. The first-order chi connectivity index (χ1) is 14.9. The maximum Gasteiger partial charge on any atom is 0.254 e. The predicted molar refractivity (Wildman–Crippen MR) is 122 cm³/mol. The number of amides is 2. The fourth-order valence-corrected chi connectivity index (χ4v) is 3.90. The zero-order valence-corrected chi connectivity index (χ0v) is 18.8. The summed E-state index contributed by atoms with van der Waals surface area (Å²) in [5.74, 6) is -0.250. The van der Waals surface area contributed by atoms with Gasteiger partial charge in [0.2, 0.25) is 5.91 Å². The van der Waals surface area contributed by atoms with Crippen molar-refractivity contribution in [2.24, 2.45) is 0 Å². The highest BCUT2D eigenvalue weighted by Crippen LogP contribution is 2.19. The molecular formula is C24H28ClN3O3. The highest BCUT2D eigenvalue weighted by molar-refractivity contribution is 6.30. The molecule has 0 bridgehead atoms. The second-order valence-corrected chi connectivity index (χ2v) is 7.95. The van der Waals surface area contributed by atoms with E-state index in [0.717, 1.165) is 0 Å². The molecule has 7 heteroatoms. The van der Waals surface area contributed by atoms with Gasteiger partial charge in [0.05, 0.1) is 12.1 Å². The van der Waals surface area contributed by atoms with Crippen molar-refractivity contribution >= 4 is 29.2 Å². The van der Waals surface area contributed by atoms with Crippen LogP contribution in [0.5, 0.6) is 0 Å². The summed E-state index contributed by atoms with van der Waals surface area (Å²) in [4.78, 5) is 44.2. The Labute approximate surface area is 188 Å². The average Bonchev–Trinajstić information content (AvgIpc) is 2.80. The van der Waals surface area contributed by atoms with Gasteiger partial charge in [0, 0.05) is 55.4 Å². The Morgan fingerprint density at radius 2 is 1.45 bits per heavy atom. The number of benzene rings is 2. The van der Waals surface area contributed by atoms with E-state index >= 15 is 0 Å². The van der Waals surface area contributed by atoms with E-state index in [1.807, 2.05) is 18.7 Å². The van der Waals surface area contributed by atoms with Gasteiger partial charge in [-0.15, -0.1) is 0 Å². The van der Waals surface area contributed by atoms with Crippen molar-refractivity contribution < 1.29 is 14.4 Å². The number of hydrogen-bond donors (Lipinski definition) is 0. The first kappa shape index (κ1) is 23.0. The summed E-state index contributed by atoms with van der Waals surface area (Å²) in [6.45, 7) is 8.02. The zero-order chi connectivity index (χ0) is 22.4. The van der Waals surface area contributed by atoms with Gasteiger partial charge >= 0.3 is 0 Å². The fourth-order valence-electron chi connectivity index (χ4n) is 3.77. The van der Waals surface area contributed by atoms with Gasteiger partial charge in [-0.3, -0.25) is 19.3 Å². The van der Waals surface area contributed by atoms with Crippen molar-refractivity contribution in [2.75, 3.05) is 45.8 Å². The molecule has 2 amide bonds. The van der Waals surface area contributed by atoms with Crippen LogP contribution in [0.1, 0.15) is 40.1 Å². The number of hydrogen-bond acceptors (Lipinski definition) is 4. The molecule has 0 N–H and O–H groups in total. The Balaban J connectivity index is 1.67. The van der Waals surface area contributed by atoms with Crippen LogP contribution in [-0.4, -0.2) is 78.1 Å². The Hall–Kier alpha value is -2.70. The molecule has 0 aliphatic carbocycles. The van der Waals surface area contributed by atoms with Gasteiger partial charge in [0.15, 0.2) is 5.78 Å². The van der Waals surface area contributed by atoms with Crippen LogP contribution in [0, 0.1) is 0 Å². The Morgan fingerprint density at radius 1 is 0.871 bits per heavy atom. The molecule has 1 aliphatic rings. The minimum absolute atomic E-state index is 0.115. The van der Waals surface area contributed by atoms with Crippen LogP contribution < -0.4 is 0 Å². The number of halogens is 1. The topological polar surface area (TPSA) is 60.9 Å². The fraction of sp³-hybridized carbons (Fsp3) is 0.375. The molecule has 0 unspecified atom stereocenters. The van der Waals surface area contributed by atoms with Crippen LogP contribution in [-0.2, 0) is 4.79 Å². The first-order valence-electron chi connectivity index (χ1n) is 10.6. The lowest BCUT2D eigenvalue weighted by Crippen LogP contribution is -2.51. The van der Waals surface area contributed by atoms with Gasteiger partial charge in [-0.2, -0.15) is 0 Å². The van der Waals surface area contributed by atoms with E-state index in [4.69, 9.17) is 11.6 Å². The van der Waals surface area contributed by atoms with Gasteiger partial charge in [-0.1, -0.05) is 29.8 Å². The number of likely N-dealkylation sites (N-methyl/N-ethyl adjacent to an activating group) is 1. The molecule has 0 spiro atoms. The van der Waals surface area contributed by atoms with Crippen LogP contribution >= 0.6 is 11.6 Å². The number of carbonyl (C=O) groups is 3.